The molecule has 1 atom stereocenters. The van der Waals surface area contributed by atoms with Crippen molar-refractivity contribution in [2.75, 3.05) is 16.3 Å². The molecular formula is C20H20ClFN2O3. The minimum Gasteiger partial charge on any atom is -0.465 e. The van der Waals surface area contributed by atoms with Crippen LogP contribution in [0.1, 0.15) is 34.8 Å². The van der Waals surface area contributed by atoms with Crippen LogP contribution >= 0.6 is 11.6 Å². The van der Waals surface area contributed by atoms with Crippen LogP contribution in [0.25, 0.3) is 0 Å². The third-order valence-electron chi connectivity index (χ3n) is 4.98. The van der Waals surface area contributed by atoms with E-state index in [9.17, 15) is 19.1 Å². The number of benzene rings is 2. The Kier molecular flexibility index (Phi) is 5.11. The van der Waals surface area contributed by atoms with Gasteiger partial charge in [-0.05, 0) is 61.7 Å². The van der Waals surface area contributed by atoms with Gasteiger partial charge in [-0.2, -0.15) is 0 Å². The Labute approximate surface area is 162 Å². The van der Waals surface area contributed by atoms with Gasteiger partial charge < -0.3 is 10.0 Å². The number of hydrogen-bond donors (Lipinski definition) is 1. The molecule has 2 aromatic carbocycles. The first-order chi connectivity index (χ1) is 12.7. The highest BCUT2D eigenvalue weighted by Crippen LogP contribution is 2.39. The quantitative estimate of drug-likeness (QED) is 0.783. The SMILES string of the molecule is CCC1CN(C(=O)c2ccc(F)cc2Cl)c2cc(C)c(C)cc2N1C(=O)O. The van der Waals surface area contributed by atoms with Gasteiger partial charge in [0.15, 0.2) is 0 Å². The van der Waals surface area contributed by atoms with E-state index in [0.29, 0.717) is 17.8 Å². The number of amides is 2. The minimum atomic E-state index is -1.06. The third-order valence-corrected chi connectivity index (χ3v) is 5.30. The Morgan fingerprint density at radius 1 is 1.19 bits per heavy atom. The van der Waals surface area contributed by atoms with Gasteiger partial charge in [-0.25, -0.2) is 9.18 Å². The van der Waals surface area contributed by atoms with Gasteiger partial charge in [0.1, 0.15) is 5.82 Å². The van der Waals surface area contributed by atoms with Crippen molar-refractivity contribution >= 4 is 35.0 Å². The first-order valence-corrected chi connectivity index (χ1v) is 9.02. The van der Waals surface area contributed by atoms with Crippen molar-refractivity contribution in [2.24, 2.45) is 0 Å². The van der Waals surface area contributed by atoms with E-state index < -0.39 is 11.9 Å². The van der Waals surface area contributed by atoms with E-state index in [4.69, 9.17) is 11.6 Å². The maximum atomic E-state index is 13.4. The zero-order chi connectivity index (χ0) is 19.9. The second-order valence-electron chi connectivity index (χ2n) is 6.68. The van der Waals surface area contributed by atoms with E-state index in [1.807, 2.05) is 26.8 Å². The number of carbonyl (C=O) groups excluding carboxylic acids is 1. The largest absolute Gasteiger partial charge is 0.465 e. The molecule has 1 heterocycles. The molecular weight excluding hydrogens is 371 g/mol. The van der Waals surface area contributed by atoms with Gasteiger partial charge in [0, 0.05) is 6.54 Å². The van der Waals surface area contributed by atoms with E-state index in [1.165, 1.54) is 21.9 Å². The zero-order valence-corrected chi connectivity index (χ0v) is 16.0. The molecule has 1 aliphatic rings. The number of rotatable bonds is 2. The van der Waals surface area contributed by atoms with Crippen molar-refractivity contribution in [3.05, 3.63) is 57.9 Å². The van der Waals surface area contributed by atoms with E-state index in [1.54, 1.807) is 6.07 Å². The topological polar surface area (TPSA) is 60.9 Å². The van der Waals surface area contributed by atoms with Crippen molar-refractivity contribution in [3.63, 3.8) is 0 Å². The zero-order valence-electron chi connectivity index (χ0n) is 15.3. The normalized spacial score (nSPS) is 16.3. The molecule has 1 unspecified atom stereocenters. The van der Waals surface area contributed by atoms with Gasteiger partial charge in [-0.1, -0.05) is 18.5 Å². The highest BCUT2D eigenvalue weighted by molar-refractivity contribution is 6.34. The Bertz CT molecular complexity index is 932. The lowest BCUT2D eigenvalue weighted by molar-refractivity contribution is 0.0982. The highest BCUT2D eigenvalue weighted by Gasteiger charge is 2.37. The van der Waals surface area contributed by atoms with E-state index in [-0.39, 0.29) is 29.1 Å². The predicted octanol–water partition coefficient (Wildman–Crippen LogP) is 5.02. The van der Waals surface area contributed by atoms with Gasteiger partial charge in [0.2, 0.25) is 0 Å². The molecule has 0 saturated heterocycles. The van der Waals surface area contributed by atoms with Crippen molar-refractivity contribution in [3.8, 4) is 0 Å². The third kappa shape index (κ3) is 3.37. The minimum absolute atomic E-state index is 0.0269. The number of anilines is 2. The molecule has 142 valence electrons. The summed E-state index contributed by atoms with van der Waals surface area (Å²) in [5.74, 6) is -0.904. The Hall–Kier alpha value is -2.60. The monoisotopic (exact) mass is 390 g/mol. The number of halogens is 2. The molecule has 27 heavy (non-hydrogen) atoms. The Morgan fingerprint density at radius 3 is 2.37 bits per heavy atom. The summed E-state index contributed by atoms with van der Waals surface area (Å²) in [7, 11) is 0. The fourth-order valence-electron chi connectivity index (χ4n) is 3.35. The standard InChI is InChI=1S/C20H20ClFN2O3/c1-4-14-10-23(19(25)15-6-5-13(22)9-16(15)21)17-7-11(2)12(3)8-18(17)24(14)20(26)27/h5-9,14H,4,10H2,1-3H3,(H,26,27). The van der Waals surface area contributed by atoms with Crippen LogP contribution in [0.5, 0.6) is 0 Å². The van der Waals surface area contributed by atoms with Crippen LogP contribution in [0, 0.1) is 19.7 Å². The molecule has 5 nitrogen and oxygen atoms in total. The Balaban J connectivity index is 2.16. The second-order valence-corrected chi connectivity index (χ2v) is 7.09. The number of hydrogen-bond acceptors (Lipinski definition) is 2. The summed E-state index contributed by atoms with van der Waals surface area (Å²) in [6.45, 7) is 5.87. The summed E-state index contributed by atoms with van der Waals surface area (Å²) >= 11 is 6.08. The van der Waals surface area contributed by atoms with E-state index in [2.05, 4.69) is 0 Å². The highest BCUT2D eigenvalue weighted by atomic mass is 35.5. The summed E-state index contributed by atoms with van der Waals surface area (Å²) in [6, 6.07) is 6.84. The Morgan fingerprint density at radius 2 is 1.81 bits per heavy atom. The predicted molar refractivity (Wildman–Crippen MR) is 104 cm³/mol. The number of carboxylic acid groups (broad SMARTS) is 1. The average molecular weight is 391 g/mol. The molecule has 1 N–H and O–H groups in total. The first kappa shape index (κ1) is 19.2. The van der Waals surface area contributed by atoms with Crippen LogP contribution in [0.4, 0.5) is 20.6 Å². The molecule has 0 aliphatic carbocycles. The van der Waals surface area contributed by atoms with Gasteiger partial charge in [-0.15, -0.1) is 0 Å². The molecule has 0 fully saturated rings. The fourth-order valence-corrected chi connectivity index (χ4v) is 3.60. The number of fused-ring (bicyclic) bond motifs is 1. The molecule has 2 aromatic rings. The molecule has 0 bridgehead atoms. The van der Waals surface area contributed by atoms with Gasteiger partial charge in [0.25, 0.3) is 5.91 Å². The van der Waals surface area contributed by atoms with Crippen molar-refractivity contribution in [1.29, 1.82) is 0 Å². The summed E-state index contributed by atoms with van der Waals surface area (Å²) < 4.78 is 13.4. The molecule has 2 amide bonds. The number of carbonyl (C=O) groups is 2. The summed E-state index contributed by atoms with van der Waals surface area (Å²) in [5, 5.41) is 9.75. The van der Waals surface area contributed by atoms with Crippen LogP contribution in [0.15, 0.2) is 30.3 Å². The first-order valence-electron chi connectivity index (χ1n) is 8.65. The van der Waals surface area contributed by atoms with Crippen LogP contribution in [-0.2, 0) is 0 Å². The molecule has 0 radical (unpaired) electrons. The summed E-state index contributed by atoms with van der Waals surface area (Å²) in [5.41, 5.74) is 3.03. The van der Waals surface area contributed by atoms with Crippen LogP contribution in [0.2, 0.25) is 5.02 Å². The maximum absolute atomic E-state index is 13.4. The summed E-state index contributed by atoms with van der Waals surface area (Å²) in [6.07, 6.45) is -0.516. The maximum Gasteiger partial charge on any atom is 0.412 e. The van der Waals surface area contributed by atoms with E-state index in [0.717, 1.165) is 17.2 Å². The van der Waals surface area contributed by atoms with Crippen molar-refractivity contribution in [1.82, 2.24) is 0 Å². The molecule has 3 rings (SSSR count). The van der Waals surface area contributed by atoms with E-state index >= 15 is 0 Å². The fraction of sp³-hybridized carbons (Fsp3) is 0.300. The number of aryl methyl sites for hydroxylation is 2. The lowest BCUT2D eigenvalue weighted by Gasteiger charge is -2.41. The van der Waals surface area contributed by atoms with Gasteiger partial charge >= 0.3 is 6.09 Å². The molecule has 1 aliphatic heterocycles. The molecule has 0 aromatic heterocycles. The lowest BCUT2D eigenvalue weighted by atomic mass is 9.99. The molecule has 0 saturated carbocycles. The van der Waals surface area contributed by atoms with Crippen molar-refractivity contribution < 1.29 is 19.1 Å². The van der Waals surface area contributed by atoms with Crippen molar-refractivity contribution in [2.45, 2.75) is 33.2 Å². The lowest BCUT2D eigenvalue weighted by Crippen LogP contribution is -2.52. The smallest absolute Gasteiger partial charge is 0.412 e. The number of nitrogens with zero attached hydrogens (tertiary/aromatic N) is 2. The molecule has 7 heteroatoms. The summed E-state index contributed by atoms with van der Waals surface area (Å²) in [4.78, 5) is 27.9. The van der Waals surface area contributed by atoms with Crippen LogP contribution < -0.4 is 9.80 Å². The van der Waals surface area contributed by atoms with Crippen LogP contribution in [0.3, 0.4) is 0 Å². The second kappa shape index (κ2) is 7.19. The van der Waals surface area contributed by atoms with Gasteiger partial charge in [0.05, 0.1) is 28.0 Å². The van der Waals surface area contributed by atoms with Gasteiger partial charge in [-0.3, -0.25) is 9.69 Å². The van der Waals surface area contributed by atoms with Crippen LogP contribution in [-0.4, -0.2) is 29.7 Å². The average Bonchev–Trinajstić information content (AvgIpc) is 2.60. The molecule has 0 spiro atoms.